The Kier molecular flexibility index (Phi) is 5.18. The molecular formula is C13H19ClN3O2+. The molecule has 2 amide bonds. The summed E-state index contributed by atoms with van der Waals surface area (Å²) in [5.74, 6) is 0.576. The van der Waals surface area contributed by atoms with Gasteiger partial charge in [0.05, 0.1) is 26.2 Å². The van der Waals surface area contributed by atoms with Gasteiger partial charge in [-0.2, -0.15) is 0 Å². The number of carbonyl (C=O) groups excluding carboxylic acids is 1. The van der Waals surface area contributed by atoms with Crippen molar-refractivity contribution in [2.24, 2.45) is 0 Å². The second-order valence-corrected chi connectivity index (χ2v) is 4.85. The molecule has 0 fully saturated rings. The summed E-state index contributed by atoms with van der Waals surface area (Å²) in [4.78, 5) is 15.2. The summed E-state index contributed by atoms with van der Waals surface area (Å²) in [6.07, 6.45) is 1.69. The van der Waals surface area contributed by atoms with E-state index in [-0.39, 0.29) is 6.03 Å². The van der Waals surface area contributed by atoms with Crippen molar-refractivity contribution < 1.29 is 14.1 Å². The average Bonchev–Trinajstić information content (AvgIpc) is 2.34. The van der Waals surface area contributed by atoms with Crippen LogP contribution in [-0.4, -0.2) is 57.1 Å². The molecule has 1 aromatic carbocycles. The first-order valence-electron chi connectivity index (χ1n) is 5.72. The van der Waals surface area contributed by atoms with E-state index >= 15 is 0 Å². The molecule has 0 N–H and O–H groups in total. The number of anilines is 1. The average molecular weight is 285 g/mol. The zero-order valence-corrected chi connectivity index (χ0v) is 12.6. The van der Waals surface area contributed by atoms with E-state index in [0.717, 1.165) is 0 Å². The van der Waals surface area contributed by atoms with Gasteiger partial charge in [-0.15, -0.1) is 4.90 Å². The molecular weight excluding hydrogens is 266 g/mol. The minimum Gasteiger partial charge on any atom is -0.495 e. The maximum absolute atomic E-state index is 12.2. The lowest BCUT2D eigenvalue weighted by Gasteiger charge is -2.16. The zero-order valence-electron chi connectivity index (χ0n) is 11.8. The molecule has 0 radical (unpaired) electrons. The maximum atomic E-state index is 12.2. The first-order chi connectivity index (χ1) is 8.86. The lowest BCUT2D eigenvalue weighted by Crippen LogP contribution is -2.40. The smallest absolute Gasteiger partial charge is 0.415 e. The fourth-order valence-corrected chi connectivity index (χ4v) is 1.73. The zero-order chi connectivity index (χ0) is 14.6. The van der Waals surface area contributed by atoms with E-state index in [0.29, 0.717) is 16.5 Å². The van der Waals surface area contributed by atoms with Crippen LogP contribution in [0.4, 0.5) is 10.5 Å². The van der Waals surface area contributed by atoms with Crippen molar-refractivity contribution in [2.75, 3.05) is 40.2 Å². The molecule has 0 spiro atoms. The number of urea groups is 1. The monoisotopic (exact) mass is 284 g/mol. The highest BCUT2D eigenvalue weighted by molar-refractivity contribution is 6.32. The van der Waals surface area contributed by atoms with Crippen molar-refractivity contribution >= 4 is 29.7 Å². The number of rotatable bonds is 3. The van der Waals surface area contributed by atoms with Gasteiger partial charge in [-0.3, -0.25) is 4.58 Å². The number of hydrogen-bond acceptors (Lipinski definition) is 2. The Morgan fingerprint density at radius 2 is 2.00 bits per heavy atom. The normalized spacial score (nSPS) is 9.79. The second kappa shape index (κ2) is 6.43. The van der Waals surface area contributed by atoms with Crippen molar-refractivity contribution in [2.45, 2.75) is 0 Å². The molecule has 0 heterocycles. The largest absolute Gasteiger partial charge is 0.495 e. The molecule has 0 aliphatic carbocycles. The summed E-state index contributed by atoms with van der Waals surface area (Å²) < 4.78 is 6.89. The number of halogens is 1. The van der Waals surface area contributed by atoms with Crippen LogP contribution < -0.4 is 9.64 Å². The topological polar surface area (TPSA) is 35.8 Å². The number of amides is 2. The third-order valence-electron chi connectivity index (χ3n) is 2.35. The van der Waals surface area contributed by atoms with Gasteiger partial charge in [-0.1, -0.05) is 11.6 Å². The van der Waals surface area contributed by atoms with Crippen molar-refractivity contribution in [1.82, 2.24) is 4.90 Å². The van der Waals surface area contributed by atoms with Gasteiger partial charge in [0.1, 0.15) is 11.4 Å². The summed E-state index contributed by atoms with van der Waals surface area (Å²) in [6, 6.07) is 5.06. The highest BCUT2D eigenvalue weighted by Crippen LogP contribution is 2.29. The Morgan fingerprint density at radius 3 is 2.42 bits per heavy atom. The van der Waals surface area contributed by atoms with Crippen LogP contribution in [0.3, 0.4) is 0 Å². The number of ether oxygens (including phenoxy) is 1. The predicted molar refractivity (Wildman–Crippen MR) is 77.7 cm³/mol. The Labute approximate surface area is 118 Å². The van der Waals surface area contributed by atoms with Crippen LogP contribution in [0.1, 0.15) is 0 Å². The fraction of sp³-hybridized carbons (Fsp3) is 0.385. The molecule has 5 nitrogen and oxygen atoms in total. The van der Waals surface area contributed by atoms with E-state index in [1.807, 2.05) is 14.1 Å². The lowest BCUT2D eigenvalue weighted by atomic mass is 10.3. The Hall–Kier alpha value is -1.75. The van der Waals surface area contributed by atoms with E-state index in [1.54, 1.807) is 50.3 Å². The lowest BCUT2D eigenvalue weighted by molar-refractivity contribution is -0.460. The van der Waals surface area contributed by atoms with Crippen molar-refractivity contribution in [3.05, 3.63) is 23.2 Å². The second-order valence-electron chi connectivity index (χ2n) is 4.44. The van der Waals surface area contributed by atoms with Crippen LogP contribution in [0.2, 0.25) is 5.02 Å². The van der Waals surface area contributed by atoms with Gasteiger partial charge in [0, 0.05) is 20.2 Å². The summed E-state index contributed by atoms with van der Waals surface area (Å²) in [5.41, 5.74) is 0.679. The SMILES string of the molecule is COc1ccc(N(C=[N+](C)C)C(=O)N(C)C)cc1Cl. The minimum atomic E-state index is -0.157. The number of benzene rings is 1. The van der Waals surface area contributed by atoms with Gasteiger partial charge < -0.3 is 9.64 Å². The van der Waals surface area contributed by atoms with Crippen molar-refractivity contribution in [1.29, 1.82) is 0 Å². The number of hydrogen-bond donors (Lipinski definition) is 0. The van der Waals surface area contributed by atoms with Gasteiger partial charge in [0.15, 0.2) is 0 Å². The third-order valence-corrected chi connectivity index (χ3v) is 2.64. The summed E-state index contributed by atoms with van der Waals surface area (Å²) >= 11 is 6.09. The number of nitrogens with zero attached hydrogens (tertiary/aromatic N) is 3. The Morgan fingerprint density at radius 1 is 1.37 bits per heavy atom. The van der Waals surface area contributed by atoms with Crippen LogP contribution in [-0.2, 0) is 0 Å². The molecule has 104 valence electrons. The molecule has 6 heteroatoms. The standard InChI is InChI=1S/C13H19ClN3O2/c1-15(2)9-17(13(18)16(3)4)10-6-7-12(19-5)11(14)8-10/h6-9H,1-5H3/q+1. The molecule has 0 aliphatic heterocycles. The van der Waals surface area contributed by atoms with Crippen molar-refractivity contribution in [3.63, 3.8) is 0 Å². The van der Waals surface area contributed by atoms with E-state index in [4.69, 9.17) is 16.3 Å². The quantitative estimate of drug-likeness (QED) is 0.484. The third kappa shape index (κ3) is 3.86. The molecule has 0 aromatic heterocycles. The molecule has 1 aromatic rings. The van der Waals surface area contributed by atoms with Gasteiger partial charge in [-0.05, 0) is 12.1 Å². The van der Waals surface area contributed by atoms with E-state index in [1.165, 1.54) is 9.80 Å². The molecule has 0 aliphatic rings. The summed E-state index contributed by atoms with van der Waals surface area (Å²) in [7, 11) is 8.64. The Balaban J connectivity index is 3.22. The number of methoxy groups -OCH3 is 1. The number of carbonyl (C=O) groups is 1. The van der Waals surface area contributed by atoms with E-state index < -0.39 is 0 Å². The fourth-order valence-electron chi connectivity index (χ4n) is 1.48. The highest BCUT2D eigenvalue weighted by Gasteiger charge is 2.24. The molecule has 1 rings (SSSR count). The molecule has 0 saturated heterocycles. The molecule has 0 saturated carbocycles. The molecule has 0 atom stereocenters. The first kappa shape index (κ1) is 15.3. The van der Waals surface area contributed by atoms with Crippen LogP contribution in [0.25, 0.3) is 0 Å². The predicted octanol–water partition coefficient (Wildman–Crippen LogP) is 2.14. The molecule has 19 heavy (non-hydrogen) atoms. The minimum absolute atomic E-state index is 0.157. The molecule has 0 unspecified atom stereocenters. The summed E-state index contributed by atoms with van der Waals surface area (Å²) in [6.45, 7) is 0. The van der Waals surface area contributed by atoms with Gasteiger partial charge in [0.2, 0.25) is 6.34 Å². The molecule has 0 bridgehead atoms. The first-order valence-corrected chi connectivity index (χ1v) is 6.10. The van der Waals surface area contributed by atoms with E-state index in [2.05, 4.69) is 0 Å². The highest BCUT2D eigenvalue weighted by atomic mass is 35.5. The van der Waals surface area contributed by atoms with Crippen LogP contribution in [0, 0.1) is 0 Å². The summed E-state index contributed by atoms with van der Waals surface area (Å²) in [5, 5.41) is 0.462. The van der Waals surface area contributed by atoms with Gasteiger partial charge in [-0.25, -0.2) is 4.79 Å². The van der Waals surface area contributed by atoms with Crippen LogP contribution in [0.15, 0.2) is 18.2 Å². The Bertz CT molecular complexity index is 497. The van der Waals surface area contributed by atoms with Gasteiger partial charge in [0.25, 0.3) is 0 Å². The maximum Gasteiger partial charge on any atom is 0.415 e. The van der Waals surface area contributed by atoms with Crippen LogP contribution >= 0.6 is 11.6 Å². The van der Waals surface area contributed by atoms with E-state index in [9.17, 15) is 4.79 Å². The van der Waals surface area contributed by atoms with Crippen LogP contribution in [0.5, 0.6) is 5.75 Å². The van der Waals surface area contributed by atoms with Crippen molar-refractivity contribution in [3.8, 4) is 5.75 Å². The van der Waals surface area contributed by atoms with Gasteiger partial charge >= 0.3 is 6.03 Å².